The monoisotopic (exact) mass is 502 g/mol. The number of ketones is 1. The summed E-state index contributed by atoms with van der Waals surface area (Å²) in [5.74, 6) is 0.279. The van der Waals surface area contributed by atoms with Gasteiger partial charge in [-0.3, -0.25) is 9.78 Å². The zero-order valence-corrected chi connectivity index (χ0v) is 21.9. The molecule has 188 valence electrons. The molecule has 0 radical (unpaired) electrons. The van der Waals surface area contributed by atoms with Crippen molar-refractivity contribution in [2.45, 2.75) is 39.2 Å². The molecule has 3 aliphatic rings. The van der Waals surface area contributed by atoms with Crippen LogP contribution in [0.3, 0.4) is 0 Å². The Hall–Kier alpha value is -2.74. The van der Waals surface area contributed by atoms with Crippen molar-refractivity contribution in [3.8, 4) is 22.4 Å². The van der Waals surface area contributed by atoms with Crippen molar-refractivity contribution in [2.75, 3.05) is 49.6 Å². The number of thiophene rings is 1. The Morgan fingerprint density at radius 1 is 1.14 bits per heavy atom. The number of hydrogen-bond acceptors (Lipinski definition) is 7. The highest BCUT2D eigenvalue weighted by atomic mass is 32.1. The molecule has 0 amide bonds. The number of anilines is 2. The van der Waals surface area contributed by atoms with Crippen LogP contribution in [0.1, 0.15) is 41.9 Å². The number of aromatic nitrogens is 1. The Kier molecular flexibility index (Phi) is 6.32. The zero-order chi connectivity index (χ0) is 24.7. The van der Waals surface area contributed by atoms with Crippen LogP contribution in [0, 0.1) is 5.41 Å². The van der Waals surface area contributed by atoms with E-state index in [1.54, 1.807) is 11.3 Å². The van der Waals surface area contributed by atoms with Crippen molar-refractivity contribution in [3.63, 3.8) is 0 Å². The van der Waals surface area contributed by atoms with Crippen LogP contribution in [0.25, 0.3) is 22.4 Å². The molecule has 1 aromatic carbocycles. The minimum absolute atomic E-state index is 0.0346. The molecule has 2 fully saturated rings. The van der Waals surface area contributed by atoms with Gasteiger partial charge in [-0.05, 0) is 60.2 Å². The first kappa shape index (κ1) is 23.6. The Morgan fingerprint density at radius 2 is 2.00 bits per heavy atom. The number of ether oxygens (including phenoxy) is 1. The van der Waals surface area contributed by atoms with Gasteiger partial charge < -0.3 is 20.3 Å². The summed E-state index contributed by atoms with van der Waals surface area (Å²) in [7, 11) is 0. The molecule has 1 atom stereocenters. The summed E-state index contributed by atoms with van der Waals surface area (Å²) in [6.07, 6.45) is 4.58. The predicted molar refractivity (Wildman–Crippen MR) is 147 cm³/mol. The first-order valence-electron chi connectivity index (χ1n) is 13.0. The molecule has 1 unspecified atom stereocenters. The number of morpholine rings is 1. The van der Waals surface area contributed by atoms with Crippen molar-refractivity contribution in [2.24, 2.45) is 5.41 Å². The van der Waals surface area contributed by atoms with Crippen molar-refractivity contribution >= 4 is 27.8 Å². The van der Waals surface area contributed by atoms with E-state index >= 15 is 0 Å². The SMILES string of the molecule is CC1(C)CC(=O)c2sc(N3CCOCC3)c(-c3ccnc(-c4cccc(NC5CCNC5)c4)c3)c2C1. The third-order valence-corrected chi connectivity index (χ3v) is 8.81. The minimum Gasteiger partial charge on any atom is -0.381 e. The first-order valence-corrected chi connectivity index (χ1v) is 13.8. The maximum Gasteiger partial charge on any atom is 0.173 e. The number of nitrogens with one attached hydrogen (secondary N) is 2. The highest BCUT2D eigenvalue weighted by Gasteiger charge is 2.37. The number of pyridine rings is 1. The number of fused-ring (bicyclic) bond motifs is 1. The number of nitrogens with zero attached hydrogens (tertiary/aromatic N) is 2. The molecule has 6 nitrogen and oxygen atoms in total. The fraction of sp³-hybridized carbons (Fsp3) is 0.448. The zero-order valence-electron chi connectivity index (χ0n) is 21.1. The fourth-order valence-electron chi connectivity index (χ4n) is 5.71. The van der Waals surface area contributed by atoms with Crippen LogP contribution in [-0.2, 0) is 11.2 Å². The van der Waals surface area contributed by atoms with Gasteiger partial charge in [0.15, 0.2) is 5.78 Å². The van der Waals surface area contributed by atoms with Crippen LogP contribution in [0.4, 0.5) is 10.7 Å². The molecule has 0 bridgehead atoms. The van der Waals surface area contributed by atoms with E-state index in [9.17, 15) is 4.79 Å². The lowest BCUT2D eigenvalue weighted by Crippen LogP contribution is -2.36. The van der Waals surface area contributed by atoms with Crippen molar-refractivity contribution in [1.29, 1.82) is 0 Å². The summed E-state index contributed by atoms with van der Waals surface area (Å²) in [6, 6.07) is 13.3. The summed E-state index contributed by atoms with van der Waals surface area (Å²) >= 11 is 1.68. The molecule has 3 aromatic rings. The van der Waals surface area contributed by atoms with E-state index < -0.39 is 0 Å². The van der Waals surface area contributed by atoms with Crippen LogP contribution in [0.15, 0.2) is 42.6 Å². The molecule has 1 aliphatic carbocycles. The molecule has 2 aliphatic heterocycles. The summed E-state index contributed by atoms with van der Waals surface area (Å²) in [6.45, 7) is 9.63. The van der Waals surface area contributed by atoms with Gasteiger partial charge in [0.05, 0.1) is 28.8 Å². The fourth-order valence-corrected chi connectivity index (χ4v) is 7.05. The molecule has 4 heterocycles. The molecule has 2 N–H and O–H groups in total. The van der Waals surface area contributed by atoms with Crippen molar-refractivity contribution in [1.82, 2.24) is 10.3 Å². The second-order valence-corrected chi connectivity index (χ2v) is 12.0. The Morgan fingerprint density at radius 3 is 2.81 bits per heavy atom. The quantitative estimate of drug-likeness (QED) is 0.497. The molecule has 0 saturated carbocycles. The second-order valence-electron chi connectivity index (χ2n) is 11.0. The van der Waals surface area contributed by atoms with Gasteiger partial charge in [-0.1, -0.05) is 26.0 Å². The summed E-state index contributed by atoms with van der Waals surface area (Å²) in [5.41, 5.74) is 6.71. The van der Waals surface area contributed by atoms with E-state index in [0.29, 0.717) is 12.5 Å². The number of carbonyl (C=O) groups excluding carboxylic acids is 1. The maximum atomic E-state index is 13.2. The highest BCUT2D eigenvalue weighted by Crippen LogP contribution is 2.49. The van der Waals surface area contributed by atoms with Gasteiger partial charge in [-0.25, -0.2) is 0 Å². The van der Waals surface area contributed by atoms with Gasteiger partial charge >= 0.3 is 0 Å². The van der Waals surface area contributed by atoms with E-state index in [1.165, 1.54) is 16.1 Å². The topological polar surface area (TPSA) is 66.5 Å². The minimum atomic E-state index is -0.0346. The third-order valence-electron chi connectivity index (χ3n) is 7.47. The summed E-state index contributed by atoms with van der Waals surface area (Å²) in [5, 5.41) is 8.28. The van der Waals surface area contributed by atoms with Crippen LogP contribution in [0.5, 0.6) is 0 Å². The Labute approximate surface area is 217 Å². The third kappa shape index (κ3) is 4.67. The molecule has 7 heteroatoms. The lowest BCUT2D eigenvalue weighted by Gasteiger charge is -2.30. The average Bonchev–Trinajstić information content (AvgIpc) is 3.52. The van der Waals surface area contributed by atoms with E-state index in [-0.39, 0.29) is 11.2 Å². The highest BCUT2D eigenvalue weighted by molar-refractivity contribution is 7.19. The van der Waals surface area contributed by atoms with Crippen molar-refractivity contribution < 1.29 is 9.53 Å². The standard InChI is InChI=1S/C29H34N4O2S/c1-29(2)16-23-26(28(33-10-12-35-13-11-33)36-27(23)25(34)17-29)20-6-9-31-24(15-20)19-4-3-5-21(14-19)32-22-7-8-30-18-22/h3-6,9,14-15,22,30,32H,7-8,10-13,16-18H2,1-2H3. The predicted octanol–water partition coefficient (Wildman–Crippen LogP) is 5.24. The molecule has 0 spiro atoms. The number of benzene rings is 1. The van der Waals surface area contributed by atoms with Gasteiger partial charge in [0, 0.05) is 55.1 Å². The number of Topliss-reactive ketones (excluding diaryl/α,β-unsaturated/α-hetero) is 1. The smallest absolute Gasteiger partial charge is 0.173 e. The molecular formula is C29H34N4O2S. The van der Waals surface area contributed by atoms with Crippen LogP contribution >= 0.6 is 11.3 Å². The average molecular weight is 503 g/mol. The van der Waals surface area contributed by atoms with Crippen LogP contribution in [0.2, 0.25) is 0 Å². The molecule has 2 aromatic heterocycles. The first-order chi connectivity index (χ1) is 17.5. The summed E-state index contributed by atoms with van der Waals surface area (Å²) in [4.78, 5) is 21.3. The van der Waals surface area contributed by atoms with E-state index in [1.807, 2.05) is 6.20 Å². The second kappa shape index (κ2) is 9.61. The lowest BCUT2D eigenvalue weighted by atomic mass is 9.75. The molecule has 6 rings (SSSR count). The molecular weight excluding hydrogens is 468 g/mol. The lowest BCUT2D eigenvalue weighted by molar-refractivity contribution is 0.0918. The van der Waals surface area contributed by atoms with E-state index in [4.69, 9.17) is 9.72 Å². The normalized spacial score (nSPS) is 21.4. The van der Waals surface area contributed by atoms with E-state index in [0.717, 1.165) is 79.6 Å². The van der Waals surface area contributed by atoms with Gasteiger partial charge in [0.1, 0.15) is 0 Å². The van der Waals surface area contributed by atoms with Crippen molar-refractivity contribution in [3.05, 3.63) is 53.0 Å². The number of carbonyl (C=O) groups is 1. The van der Waals surface area contributed by atoms with Crippen LogP contribution in [-0.4, -0.2) is 56.2 Å². The van der Waals surface area contributed by atoms with Gasteiger partial charge in [-0.15, -0.1) is 11.3 Å². The molecule has 2 saturated heterocycles. The van der Waals surface area contributed by atoms with Gasteiger partial charge in [0.2, 0.25) is 0 Å². The number of rotatable bonds is 5. The number of hydrogen-bond donors (Lipinski definition) is 2. The Balaban J connectivity index is 1.41. The summed E-state index contributed by atoms with van der Waals surface area (Å²) < 4.78 is 5.63. The van der Waals surface area contributed by atoms with Gasteiger partial charge in [0.25, 0.3) is 0 Å². The van der Waals surface area contributed by atoms with E-state index in [2.05, 4.69) is 65.8 Å². The van der Waals surface area contributed by atoms with Gasteiger partial charge in [-0.2, -0.15) is 0 Å². The largest absolute Gasteiger partial charge is 0.381 e. The maximum absolute atomic E-state index is 13.2. The Bertz CT molecular complexity index is 1270. The molecule has 36 heavy (non-hydrogen) atoms. The van der Waals surface area contributed by atoms with Crippen LogP contribution < -0.4 is 15.5 Å².